The maximum absolute atomic E-state index is 10.9. The summed E-state index contributed by atoms with van der Waals surface area (Å²) in [5.41, 5.74) is 0. The lowest BCUT2D eigenvalue weighted by atomic mass is 10.6. The van der Waals surface area contributed by atoms with Gasteiger partial charge in [0.2, 0.25) is 0 Å². The average Bonchev–Trinajstić information content (AvgIpc) is 1.98. The van der Waals surface area contributed by atoms with Crippen LogP contribution in [0.25, 0.3) is 0 Å². The molecule has 0 aromatic rings. The highest BCUT2D eigenvalue weighted by atomic mass is 31.3. The molecule has 88 valence electrons. The molecule has 0 bridgehead atoms. The third kappa shape index (κ3) is 8.50. The maximum Gasteiger partial charge on any atom is 0.476 e. The highest BCUT2D eigenvalue weighted by Crippen LogP contribution is 2.56. The van der Waals surface area contributed by atoms with Crippen LogP contribution in [0.5, 0.6) is 0 Å². The fourth-order valence-electron chi connectivity index (χ4n) is 0.528. The second kappa shape index (κ2) is 5.55. The predicted octanol–water partition coefficient (Wildman–Crippen LogP) is 0.0103. The molecule has 0 radical (unpaired) electrons. The monoisotopic (exact) mass is 260 g/mol. The number of phosphoric acid groups is 1. The molecule has 1 unspecified atom stereocenters. The summed E-state index contributed by atoms with van der Waals surface area (Å²) in [5, 5.41) is 0. The lowest BCUT2D eigenvalue weighted by Crippen LogP contribution is -2.06. The van der Waals surface area contributed by atoms with E-state index in [1.54, 1.807) is 0 Å². The van der Waals surface area contributed by atoms with E-state index >= 15 is 0 Å². The predicted molar refractivity (Wildman–Crippen MR) is 49.0 cm³/mol. The van der Waals surface area contributed by atoms with Gasteiger partial charge in [0.15, 0.2) is 0 Å². The highest BCUT2D eigenvalue weighted by Gasteiger charge is 2.30. The first-order valence-corrected chi connectivity index (χ1v) is 6.83. The van der Waals surface area contributed by atoms with Gasteiger partial charge in [-0.25, -0.2) is 13.7 Å². The number of rotatable bonds is 6. The van der Waals surface area contributed by atoms with Gasteiger partial charge in [0.05, 0.1) is 6.16 Å². The minimum Gasteiger partial charge on any atom is -0.462 e. The molecule has 1 atom stereocenters. The zero-order chi connectivity index (χ0) is 12.1. The van der Waals surface area contributed by atoms with Crippen LogP contribution in [0, 0.1) is 0 Å². The van der Waals surface area contributed by atoms with Crippen molar-refractivity contribution in [3.05, 3.63) is 12.7 Å². The van der Waals surface area contributed by atoms with Crippen LogP contribution >= 0.6 is 15.4 Å². The zero-order valence-electron chi connectivity index (χ0n) is 7.48. The maximum atomic E-state index is 10.9. The van der Waals surface area contributed by atoms with Crippen molar-refractivity contribution in [2.45, 2.75) is 0 Å². The zero-order valence-corrected chi connectivity index (χ0v) is 9.26. The number of carbonyl (C=O) groups is 1. The van der Waals surface area contributed by atoms with Crippen molar-refractivity contribution in [3.8, 4) is 0 Å². The molecule has 0 rings (SSSR count). The van der Waals surface area contributed by atoms with Crippen molar-refractivity contribution in [2.75, 3.05) is 12.8 Å². The van der Waals surface area contributed by atoms with E-state index in [1.165, 1.54) is 0 Å². The van der Waals surface area contributed by atoms with Crippen LogP contribution in [0.3, 0.4) is 0 Å². The van der Waals surface area contributed by atoms with Gasteiger partial charge in [0, 0.05) is 6.08 Å². The Morgan fingerprint density at radius 2 is 1.87 bits per heavy atom. The Labute approximate surface area is 85.3 Å². The van der Waals surface area contributed by atoms with Crippen LogP contribution in [0.1, 0.15) is 0 Å². The molecule has 0 saturated carbocycles. The summed E-state index contributed by atoms with van der Waals surface area (Å²) < 4.78 is 29.1. The van der Waals surface area contributed by atoms with Gasteiger partial charge in [-0.3, -0.25) is 4.57 Å². The van der Waals surface area contributed by atoms with Crippen LogP contribution < -0.4 is 0 Å². The molecule has 0 aliphatic heterocycles. The van der Waals surface area contributed by atoms with Crippen molar-refractivity contribution < 1.29 is 37.7 Å². The summed E-state index contributed by atoms with van der Waals surface area (Å²) in [7, 11) is -9.49. The Morgan fingerprint density at radius 1 is 1.33 bits per heavy atom. The van der Waals surface area contributed by atoms with Gasteiger partial charge < -0.3 is 19.4 Å². The van der Waals surface area contributed by atoms with Crippen LogP contribution in [0.15, 0.2) is 12.7 Å². The summed E-state index contributed by atoms with van der Waals surface area (Å²) in [4.78, 5) is 35.8. The molecule has 0 aromatic carbocycles. The molecular weight excluding hydrogens is 250 g/mol. The number of ether oxygens (including phenoxy) is 1. The number of esters is 1. The van der Waals surface area contributed by atoms with Crippen molar-refractivity contribution >= 4 is 21.4 Å². The second-order valence-electron chi connectivity index (χ2n) is 2.30. The quantitative estimate of drug-likeness (QED) is 0.346. The van der Waals surface area contributed by atoms with Crippen molar-refractivity contribution in [2.24, 2.45) is 0 Å². The molecule has 0 spiro atoms. The van der Waals surface area contributed by atoms with Gasteiger partial charge in [0.1, 0.15) is 6.61 Å². The molecule has 0 fully saturated rings. The summed E-state index contributed by atoms with van der Waals surface area (Å²) in [6.07, 6.45) is 0.129. The molecule has 0 heterocycles. The molecule has 0 aliphatic carbocycles. The molecule has 8 nitrogen and oxygen atoms in total. The van der Waals surface area contributed by atoms with Gasteiger partial charge in [-0.2, -0.15) is 0 Å². The topological polar surface area (TPSA) is 130 Å². The van der Waals surface area contributed by atoms with E-state index in [0.717, 1.165) is 6.08 Å². The van der Waals surface area contributed by atoms with Crippen molar-refractivity contribution in [1.29, 1.82) is 0 Å². The first kappa shape index (κ1) is 14.5. The van der Waals surface area contributed by atoms with Crippen LogP contribution in [-0.2, 0) is 23.0 Å². The Hall–Kier alpha value is -0.490. The summed E-state index contributed by atoms with van der Waals surface area (Å²) in [6, 6.07) is 0. The first-order chi connectivity index (χ1) is 6.66. The molecule has 0 amide bonds. The molecule has 3 N–H and O–H groups in total. The van der Waals surface area contributed by atoms with E-state index < -0.39 is 34.2 Å². The standard InChI is InChI=1S/C5H10O8P2/c1-2-5(6)12-3-4-14(7,8)13-15(9,10)11/h2H,1,3-4H2,(H,7,8)(H2,9,10,11). The van der Waals surface area contributed by atoms with Crippen molar-refractivity contribution in [1.82, 2.24) is 0 Å². The highest BCUT2D eigenvalue weighted by molar-refractivity contribution is 7.63. The van der Waals surface area contributed by atoms with Crippen molar-refractivity contribution in [3.63, 3.8) is 0 Å². The Bertz CT molecular complexity index is 330. The van der Waals surface area contributed by atoms with Gasteiger partial charge in [-0.05, 0) is 0 Å². The Morgan fingerprint density at radius 3 is 2.27 bits per heavy atom. The molecule has 0 aromatic heterocycles. The first-order valence-electron chi connectivity index (χ1n) is 3.54. The summed E-state index contributed by atoms with van der Waals surface area (Å²) >= 11 is 0. The minimum atomic E-state index is -5.03. The van der Waals surface area contributed by atoms with E-state index in [9.17, 15) is 13.9 Å². The van der Waals surface area contributed by atoms with Gasteiger partial charge in [-0.1, -0.05) is 6.58 Å². The van der Waals surface area contributed by atoms with Gasteiger partial charge in [0.25, 0.3) is 0 Å². The summed E-state index contributed by atoms with van der Waals surface area (Å²) in [6.45, 7) is 2.57. The van der Waals surface area contributed by atoms with E-state index in [0.29, 0.717) is 0 Å². The molecule has 10 heteroatoms. The molecule has 0 aliphatic rings. The molecular formula is C5H10O8P2. The van der Waals surface area contributed by atoms with Crippen LogP contribution in [-0.4, -0.2) is 33.4 Å². The molecule has 0 saturated heterocycles. The lowest BCUT2D eigenvalue weighted by molar-refractivity contribution is -0.137. The Balaban J connectivity index is 4.06. The average molecular weight is 260 g/mol. The van der Waals surface area contributed by atoms with E-state index in [4.69, 9.17) is 14.7 Å². The third-order valence-electron chi connectivity index (χ3n) is 1.02. The van der Waals surface area contributed by atoms with Gasteiger partial charge >= 0.3 is 21.4 Å². The lowest BCUT2D eigenvalue weighted by Gasteiger charge is -2.11. The van der Waals surface area contributed by atoms with Crippen LogP contribution in [0.4, 0.5) is 0 Å². The fourth-order valence-corrected chi connectivity index (χ4v) is 2.51. The fraction of sp³-hybridized carbons (Fsp3) is 0.400. The van der Waals surface area contributed by atoms with E-state index in [1.807, 2.05) is 0 Å². The SMILES string of the molecule is C=CC(=O)OCCP(=O)(O)OP(=O)(O)O. The second-order valence-corrected chi connectivity index (χ2v) is 5.66. The van der Waals surface area contributed by atoms with Crippen LogP contribution in [0.2, 0.25) is 0 Å². The number of hydrogen-bond acceptors (Lipinski definition) is 5. The van der Waals surface area contributed by atoms with Gasteiger partial charge in [-0.15, -0.1) is 0 Å². The Kier molecular flexibility index (Phi) is 5.37. The number of hydrogen-bond donors (Lipinski definition) is 3. The van der Waals surface area contributed by atoms with E-state index in [-0.39, 0.29) is 0 Å². The van der Waals surface area contributed by atoms with E-state index in [2.05, 4.69) is 15.6 Å². The summed E-state index contributed by atoms with van der Waals surface area (Å²) in [5.74, 6) is -0.814. The normalized spacial score (nSPS) is 15.4. The smallest absolute Gasteiger partial charge is 0.462 e. The largest absolute Gasteiger partial charge is 0.476 e. The number of carbonyl (C=O) groups excluding carboxylic acids is 1. The minimum absolute atomic E-state index is 0.501. The third-order valence-corrected chi connectivity index (χ3v) is 3.64. The molecule has 15 heavy (non-hydrogen) atoms.